The topological polar surface area (TPSA) is 116 Å². The Labute approximate surface area is 135 Å². The first-order valence-electron chi connectivity index (χ1n) is 5.75. The maximum absolute atomic E-state index is 12.1. The van der Waals surface area contributed by atoms with Crippen LogP contribution >= 0.6 is 0 Å². The summed E-state index contributed by atoms with van der Waals surface area (Å²) in [6, 6.07) is 4.21. The van der Waals surface area contributed by atoms with E-state index in [1.807, 2.05) is 0 Å². The maximum Gasteiger partial charge on any atom is 0.512 e. The summed E-state index contributed by atoms with van der Waals surface area (Å²) in [4.78, 5) is 11.3. The van der Waals surface area contributed by atoms with Crippen LogP contribution in [-0.4, -0.2) is 28.3 Å². The van der Waals surface area contributed by atoms with E-state index in [4.69, 9.17) is 4.74 Å². The van der Waals surface area contributed by atoms with Crippen molar-refractivity contribution in [2.24, 2.45) is 0 Å². The summed E-state index contributed by atoms with van der Waals surface area (Å²) in [6.07, 6.45) is 0. The molecule has 0 fully saturated rings. The summed E-state index contributed by atoms with van der Waals surface area (Å²) in [5.41, 5.74) is -5.81. The molecule has 0 bridgehead atoms. The molecule has 0 unspecified atom stereocenters. The number of halogens is 3. The molecule has 1 aromatic carbocycles. The van der Waals surface area contributed by atoms with Gasteiger partial charge in [-0.15, -0.1) is 0 Å². The van der Waals surface area contributed by atoms with Crippen molar-refractivity contribution in [3.63, 3.8) is 0 Å². The highest BCUT2D eigenvalue weighted by atomic mass is 32.3. The summed E-state index contributed by atoms with van der Waals surface area (Å²) >= 11 is 0. The second-order valence-electron chi connectivity index (χ2n) is 4.21. The van der Waals surface area contributed by atoms with Gasteiger partial charge in [0.2, 0.25) is 0 Å². The predicted octanol–water partition coefficient (Wildman–Crippen LogP) is 1.23. The highest BCUT2D eigenvalue weighted by Gasteiger charge is 2.48. The fourth-order valence-electron chi connectivity index (χ4n) is 1.11. The van der Waals surface area contributed by atoms with Crippen LogP contribution in [0.3, 0.4) is 0 Å². The Morgan fingerprint density at radius 3 is 2.21 bits per heavy atom. The molecule has 0 aliphatic carbocycles. The minimum absolute atomic E-state index is 0.0341. The monoisotopic (exact) mass is 389 g/mol. The summed E-state index contributed by atoms with van der Waals surface area (Å²) in [7, 11) is -11.5. The van der Waals surface area contributed by atoms with Gasteiger partial charge in [0.1, 0.15) is 11.5 Å². The van der Waals surface area contributed by atoms with E-state index in [0.29, 0.717) is 4.13 Å². The van der Waals surface area contributed by atoms with Crippen molar-refractivity contribution >= 4 is 26.3 Å². The molecule has 0 saturated heterocycles. The van der Waals surface area contributed by atoms with Crippen molar-refractivity contribution < 1.29 is 43.7 Å². The van der Waals surface area contributed by atoms with E-state index >= 15 is 0 Å². The third-order valence-corrected chi connectivity index (χ3v) is 4.80. The van der Waals surface area contributed by atoms with E-state index in [1.165, 1.54) is 13.0 Å². The molecule has 134 valence electrons. The highest BCUT2D eigenvalue weighted by molar-refractivity contribution is 8.03. The molecule has 1 rings (SSSR count). The molecule has 0 aliphatic rings. The number of rotatable bonds is 6. The van der Waals surface area contributed by atoms with Gasteiger partial charge in [0, 0.05) is 11.6 Å². The Bertz CT molecular complexity index is 860. The van der Waals surface area contributed by atoms with Crippen molar-refractivity contribution in [3.8, 4) is 11.5 Å². The molecule has 24 heavy (non-hydrogen) atoms. The van der Waals surface area contributed by atoms with Crippen LogP contribution in [0.15, 0.2) is 36.4 Å². The van der Waals surface area contributed by atoms with E-state index in [-0.39, 0.29) is 11.3 Å². The second kappa shape index (κ2) is 6.78. The number of carbonyl (C=O) groups is 1. The van der Waals surface area contributed by atoms with Gasteiger partial charge in [0.15, 0.2) is 0 Å². The van der Waals surface area contributed by atoms with Crippen molar-refractivity contribution in [2.45, 2.75) is 12.4 Å². The molecular weight excluding hydrogens is 379 g/mol. The van der Waals surface area contributed by atoms with Gasteiger partial charge in [-0.05, 0) is 19.1 Å². The van der Waals surface area contributed by atoms with Crippen LogP contribution in [0.5, 0.6) is 11.5 Å². The molecule has 0 saturated carbocycles. The third kappa shape index (κ3) is 5.50. The van der Waals surface area contributed by atoms with Crippen LogP contribution < -0.4 is 13.0 Å². The zero-order chi connectivity index (χ0) is 18.8. The Balaban J connectivity index is 2.97. The molecule has 13 heteroatoms. The molecule has 0 heterocycles. The predicted molar refractivity (Wildman–Crippen MR) is 74.5 cm³/mol. The van der Waals surface area contributed by atoms with Crippen LogP contribution in [0.4, 0.5) is 13.2 Å². The van der Waals surface area contributed by atoms with Gasteiger partial charge in [-0.3, -0.25) is 0 Å². The number of hydrogen-bond donors (Lipinski definition) is 1. The van der Waals surface area contributed by atoms with E-state index in [9.17, 15) is 34.8 Å². The lowest BCUT2D eigenvalue weighted by Crippen LogP contribution is -2.42. The second-order valence-corrected chi connectivity index (χ2v) is 7.43. The van der Waals surface area contributed by atoms with Crippen molar-refractivity contribution in [1.29, 1.82) is 0 Å². The molecule has 0 amide bonds. The minimum atomic E-state index is -6.18. The normalized spacial score (nSPS) is 12.5. The number of alkyl halides is 3. The standard InChI is InChI=1S/C11H10F3NO7S2/c1-7(2)10(16)21-8-4-3-5-9(6-8)22-24(19,20)15-23(17,18)11(12,13)14/h3-6,15H,1H2,2H3. The van der Waals surface area contributed by atoms with Gasteiger partial charge in [-0.25, -0.2) is 13.2 Å². The summed E-state index contributed by atoms with van der Waals surface area (Å²) in [5.74, 6) is -1.63. The Hall–Kier alpha value is -2.12. The molecule has 0 spiro atoms. The molecule has 1 aromatic rings. The summed E-state index contributed by atoms with van der Waals surface area (Å²) < 4.78 is 90.0. The van der Waals surface area contributed by atoms with E-state index in [2.05, 4.69) is 10.8 Å². The zero-order valence-electron chi connectivity index (χ0n) is 11.8. The van der Waals surface area contributed by atoms with Gasteiger partial charge in [0.05, 0.1) is 0 Å². The number of ether oxygens (including phenoxy) is 1. The lowest BCUT2D eigenvalue weighted by Gasteiger charge is -2.11. The van der Waals surface area contributed by atoms with Crippen molar-refractivity contribution in [1.82, 2.24) is 4.13 Å². The van der Waals surface area contributed by atoms with Crippen molar-refractivity contribution in [3.05, 3.63) is 36.4 Å². The number of hydrogen-bond acceptors (Lipinski definition) is 7. The Kier molecular flexibility index (Phi) is 5.63. The quantitative estimate of drug-likeness (QED) is 0.442. The molecule has 8 nitrogen and oxygen atoms in total. The molecule has 0 aliphatic heterocycles. The summed E-state index contributed by atoms with van der Waals surface area (Å²) in [6.45, 7) is 4.66. The van der Waals surface area contributed by atoms with Crippen LogP contribution in [0.1, 0.15) is 6.92 Å². The van der Waals surface area contributed by atoms with Crippen LogP contribution in [0.2, 0.25) is 0 Å². The van der Waals surface area contributed by atoms with Gasteiger partial charge in [0.25, 0.3) is 0 Å². The highest BCUT2D eigenvalue weighted by Crippen LogP contribution is 2.24. The van der Waals surface area contributed by atoms with Crippen LogP contribution in [0.25, 0.3) is 0 Å². The zero-order valence-corrected chi connectivity index (χ0v) is 13.5. The lowest BCUT2D eigenvalue weighted by molar-refractivity contribution is -0.130. The molecule has 0 atom stereocenters. The first kappa shape index (κ1) is 19.9. The van der Waals surface area contributed by atoms with Crippen LogP contribution in [0, 0.1) is 0 Å². The molecular formula is C11H10F3NO7S2. The number of nitrogens with one attached hydrogen (secondary N) is 1. The van der Waals surface area contributed by atoms with Gasteiger partial charge < -0.3 is 8.92 Å². The first-order chi connectivity index (χ1) is 10.7. The number of sulfonamides is 1. The molecule has 0 radical (unpaired) electrons. The van der Waals surface area contributed by atoms with E-state index < -0.39 is 37.6 Å². The first-order valence-corrected chi connectivity index (χ1v) is 8.65. The lowest BCUT2D eigenvalue weighted by atomic mass is 10.3. The Morgan fingerprint density at radius 1 is 1.17 bits per heavy atom. The van der Waals surface area contributed by atoms with Gasteiger partial charge in [-0.2, -0.15) is 21.6 Å². The largest absolute Gasteiger partial charge is 0.512 e. The van der Waals surface area contributed by atoms with Crippen LogP contribution in [-0.2, 0) is 25.1 Å². The van der Waals surface area contributed by atoms with Crippen molar-refractivity contribution in [2.75, 3.05) is 0 Å². The number of benzene rings is 1. The van der Waals surface area contributed by atoms with Gasteiger partial charge >= 0.3 is 31.8 Å². The molecule has 1 N–H and O–H groups in total. The Morgan fingerprint density at radius 2 is 1.71 bits per heavy atom. The minimum Gasteiger partial charge on any atom is -0.423 e. The third-order valence-electron chi connectivity index (χ3n) is 2.09. The summed E-state index contributed by atoms with van der Waals surface area (Å²) in [5, 5.41) is 0. The average Bonchev–Trinajstić information content (AvgIpc) is 2.35. The van der Waals surface area contributed by atoms with Gasteiger partial charge in [-0.1, -0.05) is 16.8 Å². The van der Waals surface area contributed by atoms with E-state index in [1.54, 1.807) is 0 Å². The fraction of sp³-hybridized carbons (Fsp3) is 0.182. The number of esters is 1. The smallest absolute Gasteiger partial charge is 0.423 e. The SMILES string of the molecule is C=C(C)C(=O)Oc1cccc(OS(=O)(=O)NS(=O)(=O)C(F)(F)F)c1. The fourth-order valence-corrected chi connectivity index (χ4v) is 3.05. The molecule has 0 aromatic heterocycles. The number of carbonyl (C=O) groups excluding carboxylic acids is 1. The van der Waals surface area contributed by atoms with E-state index in [0.717, 1.165) is 18.2 Å². The maximum atomic E-state index is 12.1. The average molecular weight is 389 g/mol.